The predicted octanol–water partition coefficient (Wildman–Crippen LogP) is 1.84. The van der Waals surface area contributed by atoms with Gasteiger partial charge in [0.15, 0.2) is 0 Å². The summed E-state index contributed by atoms with van der Waals surface area (Å²) in [7, 11) is 0. The van der Waals surface area contributed by atoms with Gasteiger partial charge in [-0.05, 0) is 32.6 Å². The van der Waals surface area contributed by atoms with Gasteiger partial charge < -0.3 is 24.8 Å². The number of amides is 2. The first-order chi connectivity index (χ1) is 12.6. The predicted molar refractivity (Wildman–Crippen MR) is 99.3 cm³/mol. The molecular weight excluding hydrogens is 356 g/mol. The summed E-state index contributed by atoms with van der Waals surface area (Å²) in [5, 5.41) is 6.39. The maximum absolute atomic E-state index is 11.7. The minimum absolute atomic E-state index is 0.0501. The molecular formula is C18H30N2O5S. The van der Waals surface area contributed by atoms with Crippen LogP contribution >= 0.6 is 11.8 Å². The summed E-state index contributed by atoms with van der Waals surface area (Å²) in [5.74, 6) is 0.819. The summed E-state index contributed by atoms with van der Waals surface area (Å²) >= 11 is 1.91. The van der Waals surface area contributed by atoms with Crippen molar-refractivity contribution < 1.29 is 23.8 Å². The first kappa shape index (κ1) is 19.8. The Morgan fingerprint density at radius 1 is 1.23 bits per heavy atom. The molecule has 148 valence electrons. The smallest absolute Gasteiger partial charge is 0.315 e. The molecule has 5 atom stereocenters. The number of ether oxygens (including phenoxy) is 3. The fourth-order valence-corrected chi connectivity index (χ4v) is 5.28. The van der Waals surface area contributed by atoms with Crippen LogP contribution in [0.25, 0.3) is 0 Å². The molecule has 3 rings (SSSR count). The summed E-state index contributed by atoms with van der Waals surface area (Å²) in [4.78, 5) is 23.1. The lowest BCUT2D eigenvalue weighted by molar-refractivity contribution is -0.146. The maximum atomic E-state index is 11.7. The molecule has 3 fully saturated rings. The summed E-state index contributed by atoms with van der Waals surface area (Å²) in [5.41, 5.74) is 0. The normalized spacial score (nSPS) is 32.5. The summed E-state index contributed by atoms with van der Waals surface area (Å²) < 4.78 is 16.2. The van der Waals surface area contributed by atoms with Crippen molar-refractivity contribution in [2.24, 2.45) is 0 Å². The van der Waals surface area contributed by atoms with E-state index in [9.17, 15) is 9.59 Å². The zero-order chi connectivity index (χ0) is 18.4. The van der Waals surface area contributed by atoms with Crippen LogP contribution in [-0.2, 0) is 19.0 Å². The molecule has 0 aromatic carbocycles. The van der Waals surface area contributed by atoms with Crippen molar-refractivity contribution in [1.82, 2.24) is 10.6 Å². The van der Waals surface area contributed by atoms with Crippen LogP contribution in [0.4, 0.5) is 4.79 Å². The highest BCUT2D eigenvalue weighted by Crippen LogP contribution is 2.33. The summed E-state index contributed by atoms with van der Waals surface area (Å²) in [6.07, 6.45) is 6.03. The van der Waals surface area contributed by atoms with E-state index in [0.717, 1.165) is 37.9 Å². The molecule has 7 nitrogen and oxygen atoms in total. The van der Waals surface area contributed by atoms with E-state index in [-0.39, 0.29) is 24.1 Å². The highest BCUT2D eigenvalue weighted by Gasteiger charge is 2.42. The number of thioether (sulfide) groups is 1. The van der Waals surface area contributed by atoms with E-state index in [0.29, 0.717) is 43.7 Å². The number of fused-ring (bicyclic) bond motifs is 1. The Kier molecular flexibility index (Phi) is 7.45. The Bertz CT molecular complexity index is 486. The lowest BCUT2D eigenvalue weighted by atomic mass is 10.0. The number of nitrogens with one attached hydrogen (secondary N) is 2. The van der Waals surface area contributed by atoms with E-state index < -0.39 is 0 Å². The van der Waals surface area contributed by atoms with Crippen LogP contribution in [0, 0.1) is 0 Å². The Morgan fingerprint density at radius 2 is 2.08 bits per heavy atom. The Morgan fingerprint density at radius 3 is 2.88 bits per heavy atom. The zero-order valence-corrected chi connectivity index (χ0v) is 16.2. The van der Waals surface area contributed by atoms with Gasteiger partial charge in [-0.15, -0.1) is 0 Å². The molecule has 3 heterocycles. The first-order valence-corrected chi connectivity index (χ1v) is 10.7. The van der Waals surface area contributed by atoms with E-state index in [1.807, 2.05) is 11.8 Å². The number of hydrogen-bond donors (Lipinski definition) is 2. The molecule has 0 bridgehead atoms. The molecule has 0 radical (unpaired) electrons. The highest BCUT2D eigenvalue weighted by molar-refractivity contribution is 8.00. The molecule has 0 aliphatic carbocycles. The second kappa shape index (κ2) is 9.80. The topological polar surface area (TPSA) is 85.9 Å². The van der Waals surface area contributed by atoms with Crippen molar-refractivity contribution in [2.75, 3.05) is 25.6 Å². The van der Waals surface area contributed by atoms with Gasteiger partial charge in [-0.3, -0.25) is 4.79 Å². The average molecular weight is 387 g/mol. The number of rotatable bonds is 11. The molecule has 0 aromatic heterocycles. The van der Waals surface area contributed by atoms with Crippen LogP contribution in [0.15, 0.2) is 0 Å². The van der Waals surface area contributed by atoms with Gasteiger partial charge in [-0.1, -0.05) is 6.42 Å². The Labute approximate surface area is 159 Å². The maximum Gasteiger partial charge on any atom is 0.315 e. The summed E-state index contributed by atoms with van der Waals surface area (Å²) in [6.45, 7) is 3.49. The fourth-order valence-electron chi connectivity index (χ4n) is 3.73. The molecule has 0 saturated carbocycles. The van der Waals surface area contributed by atoms with Gasteiger partial charge in [-0.2, -0.15) is 11.8 Å². The van der Waals surface area contributed by atoms with Crippen LogP contribution < -0.4 is 10.6 Å². The number of urea groups is 1. The second-order valence-electron chi connectivity index (χ2n) is 7.29. The summed E-state index contributed by atoms with van der Waals surface area (Å²) in [6, 6.07) is 0.456. The lowest BCUT2D eigenvalue weighted by Gasteiger charge is -2.33. The molecule has 0 spiro atoms. The number of carbonyl (C=O) groups excluding carboxylic acids is 2. The van der Waals surface area contributed by atoms with Gasteiger partial charge in [0.2, 0.25) is 0 Å². The van der Waals surface area contributed by atoms with Crippen LogP contribution in [0.3, 0.4) is 0 Å². The highest BCUT2D eigenvalue weighted by atomic mass is 32.2. The molecule has 3 aliphatic rings. The Balaban J connectivity index is 1.13. The van der Waals surface area contributed by atoms with Crippen LogP contribution in [0.5, 0.6) is 0 Å². The van der Waals surface area contributed by atoms with Crippen molar-refractivity contribution >= 4 is 23.8 Å². The van der Waals surface area contributed by atoms with Crippen molar-refractivity contribution in [2.45, 2.75) is 75.0 Å². The molecule has 0 aromatic rings. The molecule has 2 amide bonds. The van der Waals surface area contributed by atoms with Gasteiger partial charge in [0.05, 0.1) is 30.9 Å². The number of carbonyl (C=O) groups is 2. The van der Waals surface area contributed by atoms with Crippen molar-refractivity contribution in [1.29, 1.82) is 0 Å². The largest absolute Gasteiger partial charge is 0.463 e. The van der Waals surface area contributed by atoms with Crippen LogP contribution in [0.2, 0.25) is 0 Å². The SMILES string of the molecule is C[C@@H]1CC(CCOCCOC(=O)CCCCC2SCC3NC(=O)NC32)O1. The zero-order valence-electron chi connectivity index (χ0n) is 15.4. The Hall–Kier alpha value is -0.990. The van der Waals surface area contributed by atoms with Gasteiger partial charge >= 0.3 is 12.0 Å². The number of unbranched alkanes of at least 4 members (excludes halogenated alkanes) is 1. The first-order valence-electron chi connectivity index (χ1n) is 9.69. The lowest BCUT2D eigenvalue weighted by Crippen LogP contribution is -2.36. The van der Waals surface area contributed by atoms with Crippen LogP contribution in [-0.4, -0.2) is 67.1 Å². The van der Waals surface area contributed by atoms with Gasteiger partial charge in [-0.25, -0.2) is 4.79 Å². The van der Waals surface area contributed by atoms with Gasteiger partial charge in [0.1, 0.15) is 6.61 Å². The number of esters is 1. The third-order valence-electron chi connectivity index (χ3n) is 5.15. The fraction of sp³-hybridized carbons (Fsp3) is 0.889. The molecule has 8 heteroatoms. The third-order valence-corrected chi connectivity index (χ3v) is 6.66. The minimum atomic E-state index is -0.155. The molecule has 3 saturated heterocycles. The molecule has 4 unspecified atom stereocenters. The van der Waals surface area contributed by atoms with Crippen LogP contribution in [0.1, 0.15) is 45.4 Å². The molecule has 2 N–H and O–H groups in total. The number of hydrogen-bond acceptors (Lipinski definition) is 6. The van der Waals surface area contributed by atoms with Crippen molar-refractivity contribution in [3.8, 4) is 0 Å². The standard InChI is InChI=1S/C18H30N2O5S/c1-12-10-13(25-12)6-7-23-8-9-24-16(21)5-3-2-4-15-17-14(11-26-15)19-18(22)20-17/h12-15,17H,2-11H2,1H3,(H2,19,20,22)/t12-,13?,14?,15?,17?/m1/s1. The molecule has 3 aliphatic heterocycles. The quantitative estimate of drug-likeness (QED) is 0.320. The van der Waals surface area contributed by atoms with Gasteiger partial charge in [0.25, 0.3) is 0 Å². The van der Waals surface area contributed by atoms with E-state index in [2.05, 4.69) is 17.6 Å². The third kappa shape index (κ3) is 5.76. The second-order valence-corrected chi connectivity index (χ2v) is 8.57. The average Bonchev–Trinajstić information content (AvgIpc) is 3.12. The van der Waals surface area contributed by atoms with Gasteiger partial charge in [0, 0.05) is 24.0 Å². The van der Waals surface area contributed by atoms with E-state index >= 15 is 0 Å². The minimum Gasteiger partial charge on any atom is -0.463 e. The van der Waals surface area contributed by atoms with Crippen molar-refractivity contribution in [3.05, 3.63) is 0 Å². The van der Waals surface area contributed by atoms with E-state index in [1.54, 1.807) is 0 Å². The monoisotopic (exact) mass is 386 g/mol. The van der Waals surface area contributed by atoms with Crippen molar-refractivity contribution in [3.63, 3.8) is 0 Å². The van der Waals surface area contributed by atoms with E-state index in [4.69, 9.17) is 14.2 Å². The molecule has 26 heavy (non-hydrogen) atoms. The van der Waals surface area contributed by atoms with E-state index in [1.165, 1.54) is 0 Å².